The van der Waals surface area contributed by atoms with Gasteiger partial charge in [-0.15, -0.1) is 0 Å². The number of benzene rings is 1. The summed E-state index contributed by atoms with van der Waals surface area (Å²) in [6, 6.07) is 5.69. The second kappa shape index (κ2) is 8.11. The number of aromatic nitrogens is 1. The van der Waals surface area contributed by atoms with Crippen LogP contribution in [0, 0.1) is 5.13 Å². The van der Waals surface area contributed by atoms with E-state index in [-0.39, 0.29) is 34.2 Å². The molecule has 1 amide bonds. The number of nitrogens with zero attached hydrogens (tertiary/aromatic N) is 2. The number of rotatable bonds is 8. The molecule has 2 N–H and O–H groups in total. The molecular weight excluding hydrogens is 397 g/mol. The number of halogens is 1. The second-order valence-corrected chi connectivity index (χ2v) is 8.90. The first-order valence-electron chi connectivity index (χ1n) is 7.99. The van der Waals surface area contributed by atoms with Crippen molar-refractivity contribution < 1.29 is 27.5 Å². The summed E-state index contributed by atoms with van der Waals surface area (Å²) in [5.74, 6) is -0.708. The fourth-order valence-corrected chi connectivity index (χ4v) is 4.41. The van der Waals surface area contributed by atoms with Gasteiger partial charge in [-0.05, 0) is 25.0 Å². The molecule has 1 aromatic carbocycles. The van der Waals surface area contributed by atoms with Crippen LogP contribution >= 0.6 is 11.3 Å². The van der Waals surface area contributed by atoms with E-state index in [2.05, 4.69) is 15.5 Å². The summed E-state index contributed by atoms with van der Waals surface area (Å²) < 4.78 is 37.6. The Morgan fingerprint density at radius 1 is 1.37 bits per heavy atom. The van der Waals surface area contributed by atoms with Gasteiger partial charge in [-0.25, -0.2) is 13.4 Å². The van der Waals surface area contributed by atoms with Crippen LogP contribution in [0.2, 0.25) is 0 Å². The minimum atomic E-state index is -3.35. The molecule has 1 aliphatic carbocycles. The lowest BCUT2D eigenvalue weighted by Crippen LogP contribution is -2.24. The first-order chi connectivity index (χ1) is 12.9. The van der Waals surface area contributed by atoms with Crippen LogP contribution in [0.15, 0.2) is 40.5 Å². The van der Waals surface area contributed by atoms with Crippen molar-refractivity contribution in [3.63, 3.8) is 0 Å². The molecule has 1 fully saturated rings. The predicted octanol–water partition coefficient (Wildman–Crippen LogP) is 1.57. The van der Waals surface area contributed by atoms with Gasteiger partial charge in [-0.3, -0.25) is 10.1 Å². The van der Waals surface area contributed by atoms with Crippen LogP contribution in [0.1, 0.15) is 18.4 Å². The van der Waals surface area contributed by atoms with Crippen molar-refractivity contribution >= 4 is 37.9 Å². The van der Waals surface area contributed by atoms with Crippen molar-refractivity contribution in [1.82, 2.24) is 4.98 Å². The maximum atomic E-state index is 13.0. The standard InChI is InChI=1S/C16H16FN3O5S2/c17-13-9-18-16(26-13)19-15(22)14(20-25-8-7-21)10-1-3-11(4-2-10)27(23,24)12-5-6-12/h1-4,9,12,21H,5-8H2,(H,18,19,22). The number of oxime groups is 1. The zero-order valence-electron chi connectivity index (χ0n) is 14.0. The van der Waals surface area contributed by atoms with Crippen LogP contribution in [0.25, 0.3) is 0 Å². The molecule has 0 saturated heterocycles. The van der Waals surface area contributed by atoms with E-state index in [9.17, 15) is 17.6 Å². The lowest BCUT2D eigenvalue weighted by atomic mass is 10.1. The molecule has 0 bridgehead atoms. The molecular formula is C16H16FN3O5S2. The van der Waals surface area contributed by atoms with Gasteiger partial charge in [0.25, 0.3) is 5.91 Å². The van der Waals surface area contributed by atoms with Gasteiger partial charge in [0.1, 0.15) is 6.61 Å². The molecule has 0 spiro atoms. The maximum Gasteiger partial charge on any atom is 0.280 e. The van der Waals surface area contributed by atoms with E-state index in [0.29, 0.717) is 29.7 Å². The summed E-state index contributed by atoms with van der Waals surface area (Å²) in [6.45, 7) is -0.425. The number of hydrogen-bond acceptors (Lipinski definition) is 8. The topological polar surface area (TPSA) is 118 Å². The first kappa shape index (κ1) is 19.4. The van der Waals surface area contributed by atoms with E-state index >= 15 is 0 Å². The Morgan fingerprint density at radius 2 is 2.07 bits per heavy atom. The smallest absolute Gasteiger partial charge is 0.280 e. The number of sulfone groups is 1. The molecule has 11 heteroatoms. The van der Waals surface area contributed by atoms with Crippen LogP contribution in [-0.4, -0.2) is 48.6 Å². The van der Waals surface area contributed by atoms with E-state index < -0.39 is 20.9 Å². The van der Waals surface area contributed by atoms with Gasteiger partial charge in [0, 0.05) is 5.56 Å². The van der Waals surface area contributed by atoms with Gasteiger partial charge in [0.2, 0.25) is 0 Å². The molecule has 2 aromatic rings. The third-order valence-corrected chi connectivity index (χ3v) is 6.65. The molecule has 1 heterocycles. The highest BCUT2D eigenvalue weighted by Gasteiger charge is 2.36. The SMILES string of the molecule is O=C(Nc1ncc(F)s1)C(=NOCCO)c1ccc(S(=O)(=O)C2CC2)cc1. The van der Waals surface area contributed by atoms with E-state index in [0.717, 1.165) is 6.20 Å². The number of hydrogen-bond donors (Lipinski definition) is 2. The lowest BCUT2D eigenvalue weighted by Gasteiger charge is -2.08. The van der Waals surface area contributed by atoms with E-state index in [4.69, 9.17) is 9.94 Å². The first-order valence-corrected chi connectivity index (χ1v) is 10.4. The highest BCUT2D eigenvalue weighted by Crippen LogP contribution is 2.33. The average Bonchev–Trinajstić information content (AvgIpc) is 3.43. The normalized spacial score (nSPS) is 14.8. The molecule has 8 nitrogen and oxygen atoms in total. The maximum absolute atomic E-state index is 13.0. The Kier molecular flexibility index (Phi) is 5.82. The van der Waals surface area contributed by atoms with Crippen molar-refractivity contribution in [3.05, 3.63) is 41.2 Å². The molecule has 1 aliphatic rings. The minimum absolute atomic E-state index is 0.0419. The highest BCUT2D eigenvalue weighted by atomic mass is 32.2. The van der Waals surface area contributed by atoms with Crippen LogP contribution in [0.5, 0.6) is 0 Å². The Morgan fingerprint density at radius 3 is 2.63 bits per heavy atom. The van der Waals surface area contributed by atoms with Gasteiger partial charge >= 0.3 is 0 Å². The quantitative estimate of drug-likeness (QED) is 0.385. The van der Waals surface area contributed by atoms with Crippen LogP contribution < -0.4 is 5.32 Å². The molecule has 0 aliphatic heterocycles. The summed E-state index contributed by atoms with van der Waals surface area (Å²) in [5.41, 5.74) is 0.145. The van der Waals surface area contributed by atoms with E-state index in [1.165, 1.54) is 24.3 Å². The number of amides is 1. The number of thiazole rings is 1. The fourth-order valence-electron chi connectivity index (χ4n) is 2.22. The van der Waals surface area contributed by atoms with Crippen LogP contribution in [0.3, 0.4) is 0 Å². The molecule has 0 atom stereocenters. The number of aliphatic hydroxyl groups excluding tert-OH is 1. The Labute approximate surface area is 158 Å². The van der Waals surface area contributed by atoms with Crippen molar-refractivity contribution in [2.45, 2.75) is 23.0 Å². The number of aliphatic hydroxyl groups is 1. The summed E-state index contributed by atoms with van der Waals surface area (Å²) in [6.07, 6.45) is 2.27. The monoisotopic (exact) mass is 413 g/mol. The molecule has 144 valence electrons. The van der Waals surface area contributed by atoms with Crippen molar-refractivity contribution in [3.8, 4) is 0 Å². The average molecular weight is 413 g/mol. The molecule has 27 heavy (non-hydrogen) atoms. The van der Waals surface area contributed by atoms with Gasteiger partial charge in [-0.1, -0.05) is 28.6 Å². The zero-order chi connectivity index (χ0) is 19.4. The Bertz CT molecular complexity index is 953. The number of anilines is 1. The van der Waals surface area contributed by atoms with Gasteiger partial charge < -0.3 is 9.94 Å². The van der Waals surface area contributed by atoms with Crippen LogP contribution in [-0.2, 0) is 19.5 Å². The summed E-state index contributed by atoms with van der Waals surface area (Å²) in [4.78, 5) is 21.2. The van der Waals surface area contributed by atoms with Crippen LogP contribution in [0.4, 0.5) is 9.52 Å². The molecule has 3 rings (SSSR count). The predicted molar refractivity (Wildman–Crippen MR) is 96.9 cm³/mol. The summed E-state index contributed by atoms with van der Waals surface area (Å²) >= 11 is 0.648. The van der Waals surface area contributed by atoms with E-state index in [1.54, 1.807) is 0 Å². The Hall–Kier alpha value is -2.37. The molecule has 0 unspecified atom stereocenters. The molecule has 1 aromatic heterocycles. The minimum Gasteiger partial charge on any atom is -0.393 e. The Balaban J connectivity index is 1.83. The zero-order valence-corrected chi connectivity index (χ0v) is 15.6. The lowest BCUT2D eigenvalue weighted by molar-refractivity contribution is -0.110. The van der Waals surface area contributed by atoms with E-state index in [1.807, 2.05) is 0 Å². The summed E-state index contributed by atoms with van der Waals surface area (Å²) in [5, 5.41) is 14.0. The molecule has 0 radical (unpaired) electrons. The second-order valence-electron chi connectivity index (χ2n) is 5.69. The summed E-state index contributed by atoms with van der Waals surface area (Å²) in [7, 11) is -3.35. The van der Waals surface area contributed by atoms with Gasteiger partial charge in [0.05, 0.1) is 22.9 Å². The number of nitrogens with one attached hydrogen (secondary N) is 1. The van der Waals surface area contributed by atoms with Crippen molar-refractivity contribution in [2.24, 2.45) is 5.16 Å². The van der Waals surface area contributed by atoms with Gasteiger partial charge in [-0.2, -0.15) is 4.39 Å². The third kappa shape index (κ3) is 4.67. The number of carbonyl (C=O) groups excluding carboxylic acids is 1. The van der Waals surface area contributed by atoms with Gasteiger partial charge in [0.15, 0.2) is 25.8 Å². The number of carbonyl (C=O) groups is 1. The third-order valence-electron chi connectivity index (χ3n) is 3.67. The van der Waals surface area contributed by atoms with Crippen molar-refractivity contribution in [1.29, 1.82) is 0 Å². The fraction of sp³-hybridized carbons (Fsp3) is 0.312. The highest BCUT2D eigenvalue weighted by molar-refractivity contribution is 7.92. The molecule has 1 saturated carbocycles. The van der Waals surface area contributed by atoms with Crippen molar-refractivity contribution in [2.75, 3.05) is 18.5 Å². The largest absolute Gasteiger partial charge is 0.393 e.